The largest absolute Gasteiger partial charge is 0.493 e. The summed E-state index contributed by atoms with van der Waals surface area (Å²) < 4.78 is 19.4. The lowest BCUT2D eigenvalue weighted by atomic mass is 9.92. The third-order valence-corrected chi connectivity index (χ3v) is 6.41. The molecule has 7 nitrogen and oxygen atoms in total. The summed E-state index contributed by atoms with van der Waals surface area (Å²) in [4.78, 5) is 6.40. The van der Waals surface area contributed by atoms with E-state index in [1.165, 1.54) is 5.56 Å². The zero-order chi connectivity index (χ0) is 24.0. The van der Waals surface area contributed by atoms with Crippen molar-refractivity contribution in [3.05, 3.63) is 71.8 Å². The van der Waals surface area contributed by atoms with Gasteiger partial charge in [-0.2, -0.15) is 0 Å². The molecule has 0 saturated carbocycles. The van der Waals surface area contributed by atoms with Crippen molar-refractivity contribution >= 4 is 0 Å². The van der Waals surface area contributed by atoms with Crippen LogP contribution in [0.15, 0.2) is 55.1 Å². The van der Waals surface area contributed by atoms with Gasteiger partial charge in [0.25, 0.3) is 0 Å². The van der Waals surface area contributed by atoms with Crippen LogP contribution in [0.1, 0.15) is 29.5 Å². The molecule has 0 atom stereocenters. The van der Waals surface area contributed by atoms with E-state index in [4.69, 9.17) is 14.2 Å². The Morgan fingerprint density at radius 3 is 2.50 bits per heavy atom. The van der Waals surface area contributed by atoms with Crippen LogP contribution in [0.2, 0.25) is 0 Å². The zero-order valence-electron chi connectivity index (χ0n) is 20.4. The van der Waals surface area contributed by atoms with Crippen molar-refractivity contribution in [3.8, 4) is 17.2 Å². The Labute approximate surface area is 201 Å². The van der Waals surface area contributed by atoms with Gasteiger partial charge in [0.05, 0.1) is 20.0 Å². The van der Waals surface area contributed by atoms with E-state index >= 15 is 0 Å². The van der Waals surface area contributed by atoms with Gasteiger partial charge in [-0.3, -0.25) is 4.90 Å². The molecule has 1 saturated heterocycles. The number of likely N-dealkylation sites (tertiary alicyclic amines) is 1. The number of piperidine rings is 1. The number of rotatable bonds is 10. The van der Waals surface area contributed by atoms with Crippen molar-refractivity contribution < 1.29 is 19.3 Å². The lowest BCUT2D eigenvalue weighted by Gasteiger charge is -2.38. The van der Waals surface area contributed by atoms with Crippen LogP contribution in [-0.2, 0) is 13.1 Å². The summed E-state index contributed by atoms with van der Waals surface area (Å²) in [5, 5.41) is 11.0. The van der Waals surface area contributed by atoms with E-state index in [1.54, 1.807) is 19.6 Å². The Morgan fingerprint density at radius 1 is 1.00 bits per heavy atom. The molecule has 3 aromatic rings. The fraction of sp³-hybridized carbons (Fsp3) is 0.444. The molecule has 0 aliphatic carbocycles. The molecule has 1 N–H and O–H groups in total. The fourth-order valence-corrected chi connectivity index (χ4v) is 4.31. The van der Waals surface area contributed by atoms with Crippen LogP contribution in [0.3, 0.4) is 0 Å². The molecule has 182 valence electrons. The highest BCUT2D eigenvalue weighted by atomic mass is 16.5. The van der Waals surface area contributed by atoms with Crippen LogP contribution in [0.25, 0.3) is 0 Å². The lowest BCUT2D eigenvalue weighted by molar-refractivity contribution is -0.0538. The molecule has 0 radical (unpaired) electrons. The van der Waals surface area contributed by atoms with Crippen molar-refractivity contribution in [1.29, 1.82) is 0 Å². The second-order valence-electron chi connectivity index (χ2n) is 9.19. The van der Waals surface area contributed by atoms with Crippen LogP contribution in [0.5, 0.6) is 17.2 Å². The van der Waals surface area contributed by atoms with E-state index in [1.807, 2.05) is 42.0 Å². The van der Waals surface area contributed by atoms with E-state index in [-0.39, 0.29) is 0 Å². The van der Waals surface area contributed by atoms with Crippen LogP contribution < -0.4 is 14.2 Å². The van der Waals surface area contributed by atoms with Gasteiger partial charge < -0.3 is 23.9 Å². The predicted molar refractivity (Wildman–Crippen MR) is 132 cm³/mol. The van der Waals surface area contributed by atoms with Crippen molar-refractivity contribution in [2.24, 2.45) is 0 Å². The van der Waals surface area contributed by atoms with Gasteiger partial charge in [-0.15, -0.1) is 0 Å². The molecule has 0 bridgehead atoms. The maximum absolute atomic E-state index is 11.0. The summed E-state index contributed by atoms with van der Waals surface area (Å²) in [6, 6.07) is 12.2. The minimum Gasteiger partial charge on any atom is -0.493 e. The quantitative estimate of drug-likeness (QED) is 0.488. The van der Waals surface area contributed by atoms with E-state index < -0.39 is 5.60 Å². The minimum atomic E-state index is -0.793. The number of aliphatic hydroxyl groups is 1. The number of hydrogen-bond donors (Lipinski definition) is 1. The summed E-state index contributed by atoms with van der Waals surface area (Å²) in [6.45, 7) is 8.15. The first kappa shape index (κ1) is 24.1. The molecule has 1 aromatic heterocycles. The molecule has 0 unspecified atom stereocenters. The first-order chi connectivity index (χ1) is 16.4. The number of ether oxygens (including phenoxy) is 3. The third kappa shape index (κ3) is 6.30. The Hall–Kier alpha value is -3.03. The van der Waals surface area contributed by atoms with Crippen molar-refractivity contribution in [1.82, 2.24) is 14.5 Å². The standard InChI is InChI=1S/C27H35N3O4/c1-21-4-6-24(22(2)16-21)34-19-27(31)8-11-29(12-9-27)18-23-5-7-25(26(17-23)32-3)33-15-14-30-13-10-28-20-30/h4-7,10,13,16-17,20,31H,8-9,11-12,14-15,18-19H2,1-3H3. The summed E-state index contributed by atoms with van der Waals surface area (Å²) in [5.41, 5.74) is 2.68. The second-order valence-corrected chi connectivity index (χ2v) is 9.19. The highest BCUT2D eigenvalue weighted by molar-refractivity contribution is 5.43. The number of aryl methyl sites for hydroxylation is 2. The molecule has 1 aliphatic rings. The topological polar surface area (TPSA) is 69.0 Å². The third-order valence-electron chi connectivity index (χ3n) is 6.41. The molecular formula is C27H35N3O4. The van der Waals surface area contributed by atoms with E-state index in [9.17, 15) is 5.11 Å². The van der Waals surface area contributed by atoms with Gasteiger partial charge in [-0.05, 0) is 56.0 Å². The van der Waals surface area contributed by atoms with Crippen molar-refractivity contribution in [2.75, 3.05) is 33.4 Å². The van der Waals surface area contributed by atoms with Gasteiger partial charge >= 0.3 is 0 Å². The first-order valence-electron chi connectivity index (χ1n) is 11.8. The monoisotopic (exact) mass is 465 g/mol. The van der Waals surface area contributed by atoms with Crippen LogP contribution >= 0.6 is 0 Å². The first-order valence-corrected chi connectivity index (χ1v) is 11.8. The number of methoxy groups -OCH3 is 1. The summed E-state index contributed by atoms with van der Waals surface area (Å²) in [5.74, 6) is 2.32. The van der Waals surface area contributed by atoms with E-state index in [0.717, 1.165) is 54.6 Å². The molecule has 7 heteroatoms. The molecule has 34 heavy (non-hydrogen) atoms. The van der Waals surface area contributed by atoms with E-state index in [0.29, 0.717) is 26.1 Å². The second kappa shape index (κ2) is 10.9. The molecule has 0 spiro atoms. The summed E-state index contributed by atoms with van der Waals surface area (Å²) in [6.07, 6.45) is 6.82. The minimum absolute atomic E-state index is 0.323. The van der Waals surface area contributed by atoms with Crippen LogP contribution in [-0.4, -0.2) is 58.6 Å². The average Bonchev–Trinajstić information content (AvgIpc) is 3.34. The fourth-order valence-electron chi connectivity index (χ4n) is 4.31. The number of nitrogens with zero attached hydrogens (tertiary/aromatic N) is 3. The maximum atomic E-state index is 11.0. The molecule has 2 heterocycles. The van der Waals surface area contributed by atoms with E-state index in [2.05, 4.69) is 28.9 Å². The van der Waals surface area contributed by atoms with Gasteiger partial charge in [-0.1, -0.05) is 23.8 Å². The normalized spacial score (nSPS) is 15.8. The summed E-state index contributed by atoms with van der Waals surface area (Å²) >= 11 is 0. The number of aromatic nitrogens is 2. The highest BCUT2D eigenvalue weighted by Gasteiger charge is 2.33. The molecule has 1 aliphatic heterocycles. The molecule has 4 rings (SSSR count). The summed E-state index contributed by atoms with van der Waals surface area (Å²) in [7, 11) is 1.67. The smallest absolute Gasteiger partial charge is 0.161 e. The maximum Gasteiger partial charge on any atom is 0.161 e. The van der Waals surface area contributed by atoms with Crippen LogP contribution in [0.4, 0.5) is 0 Å². The van der Waals surface area contributed by atoms with Gasteiger partial charge in [0.2, 0.25) is 0 Å². The highest BCUT2D eigenvalue weighted by Crippen LogP contribution is 2.30. The van der Waals surface area contributed by atoms with Gasteiger partial charge in [0.1, 0.15) is 24.6 Å². The number of hydrogen-bond acceptors (Lipinski definition) is 6. The van der Waals surface area contributed by atoms with Crippen molar-refractivity contribution in [2.45, 2.75) is 45.4 Å². The SMILES string of the molecule is COc1cc(CN2CCC(O)(COc3ccc(C)cc3C)CC2)ccc1OCCn1ccnc1. The van der Waals surface area contributed by atoms with Gasteiger partial charge in [0.15, 0.2) is 11.5 Å². The van der Waals surface area contributed by atoms with Gasteiger partial charge in [-0.25, -0.2) is 4.98 Å². The van der Waals surface area contributed by atoms with Crippen LogP contribution in [0, 0.1) is 13.8 Å². The lowest BCUT2D eigenvalue weighted by Crippen LogP contribution is -2.47. The molecule has 2 aromatic carbocycles. The Bertz CT molecular complexity index is 1060. The van der Waals surface area contributed by atoms with Crippen molar-refractivity contribution in [3.63, 3.8) is 0 Å². The van der Waals surface area contributed by atoms with Gasteiger partial charge in [0, 0.05) is 32.0 Å². The molecule has 0 amide bonds. The molecular weight excluding hydrogens is 430 g/mol. The number of imidazole rings is 1. The zero-order valence-corrected chi connectivity index (χ0v) is 20.4. The Kier molecular flexibility index (Phi) is 7.75. The number of benzene rings is 2. The predicted octanol–water partition coefficient (Wildman–Crippen LogP) is 3.99. The average molecular weight is 466 g/mol. The Morgan fingerprint density at radius 2 is 1.79 bits per heavy atom. The molecule has 1 fully saturated rings. The Balaban J connectivity index is 1.26.